The predicted molar refractivity (Wildman–Crippen MR) is 63.4 cm³/mol. The van der Waals surface area contributed by atoms with Gasteiger partial charge in [0.15, 0.2) is 0 Å². The molecule has 1 nitrogen and oxygen atoms in total. The van der Waals surface area contributed by atoms with Gasteiger partial charge in [-0.2, -0.15) is 0 Å². The molecule has 1 rings (SSSR count). The monoisotopic (exact) mass is 197 g/mol. The van der Waals surface area contributed by atoms with E-state index in [9.17, 15) is 0 Å². The van der Waals surface area contributed by atoms with Gasteiger partial charge in [0.2, 0.25) is 0 Å². The quantitative estimate of drug-likeness (QED) is 0.732. The van der Waals surface area contributed by atoms with Crippen molar-refractivity contribution >= 4 is 0 Å². The van der Waals surface area contributed by atoms with Crippen molar-refractivity contribution in [1.82, 2.24) is 5.32 Å². The van der Waals surface area contributed by atoms with Crippen LogP contribution in [0.1, 0.15) is 47.0 Å². The molecule has 1 saturated carbocycles. The molecule has 0 aromatic heterocycles. The first-order chi connectivity index (χ1) is 6.54. The van der Waals surface area contributed by atoms with E-state index >= 15 is 0 Å². The largest absolute Gasteiger partial charge is 0.316 e. The van der Waals surface area contributed by atoms with E-state index in [2.05, 4.69) is 40.1 Å². The molecule has 0 amide bonds. The lowest BCUT2D eigenvalue weighted by Crippen LogP contribution is -2.41. The van der Waals surface area contributed by atoms with Gasteiger partial charge in [-0.05, 0) is 50.0 Å². The van der Waals surface area contributed by atoms with E-state index < -0.39 is 0 Å². The summed E-state index contributed by atoms with van der Waals surface area (Å²) in [6, 6.07) is 0.722. The van der Waals surface area contributed by atoms with Crippen molar-refractivity contribution in [2.75, 3.05) is 7.05 Å². The summed E-state index contributed by atoms with van der Waals surface area (Å²) < 4.78 is 0. The third-order valence-electron chi connectivity index (χ3n) is 3.77. The van der Waals surface area contributed by atoms with Crippen LogP contribution in [0.5, 0.6) is 0 Å². The highest BCUT2D eigenvalue weighted by Crippen LogP contribution is 2.36. The normalized spacial score (nSPS) is 36.0. The Morgan fingerprint density at radius 2 is 1.50 bits per heavy atom. The zero-order valence-corrected chi connectivity index (χ0v) is 10.5. The Labute approximate surface area is 89.7 Å². The summed E-state index contributed by atoms with van der Waals surface area (Å²) in [6.45, 7) is 9.50. The van der Waals surface area contributed by atoms with Gasteiger partial charge in [-0.3, -0.25) is 0 Å². The highest BCUT2D eigenvalue weighted by molar-refractivity contribution is 4.84. The van der Waals surface area contributed by atoms with Crippen molar-refractivity contribution in [2.24, 2.45) is 23.7 Å². The van der Waals surface area contributed by atoms with Gasteiger partial charge in [0, 0.05) is 6.04 Å². The molecule has 0 aromatic rings. The zero-order valence-electron chi connectivity index (χ0n) is 10.5. The van der Waals surface area contributed by atoms with Crippen molar-refractivity contribution in [3.8, 4) is 0 Å². The maximum Gasteiger partial charge on any atom is 0.0115 e. The van der Waals surface area contributed by atoms with Crippen LogP contribution >= 0.6 is 0 Å². The molecule has 3 unspecified atom stereocenters. The Bertz CT molecular complexity index is 155. The van der Waals surface area contributed by atoms with E-state index in [0.717, 1.165) is 29.7 Å². The van der Waals surface area contributed by atoms with Crippen LogP contribution in [0.3, 0.4) is 0 Å². The molecular weight excluding hydrogens is 170 g/mol. The van der Waals surface area contributed by atoms with Crippen molar-refractivity contribution in [3.63, 3.8) is 0 Å². The van der Waals surface area contributed by atoms with Crippen LogP contribution in [-0.2, 0) is 0 Å². The second kappa shape index (κ2) is 5.16. The average molecular weight is 197 g/mol. The van der Waals surface area contributed by atoms with Gasteiger partial charge in [-0.15, -0.1) is 0 Å². The second-order valence-corrected chi connectivity index (χ2v) is 5.74. The number of nitrogens with one attached hydrogen (secondary N) is 1. The van der Waals surface area contributed by atoms with Crippen LogP contribution in [0.2, 0.25) is 0 Å². The molecule has 1 fully saturated rings. The lowest BCUT2D eigenvalue weighted by molar-refractivity contribution is 0.157. The van der Waals surface area contributed by atoms with Crippen molar-refractivity contribution in [1.29, 1.82) is 0 Å². The molecule has 1 heteroatoms. The standard InChI is InChI=1S/C13H27N/c1-9(2)13(14-5)12-7-10(3)6-11(4)8-12/h9-14H,6-8H2,1-5H3. The molecule has 0 aliphatic heterocycles. The molecule has 0 saturated heterocycles. The fourth-order valence-corrected chi connectivity index (χ4v) is 3.42. The zero-order chi connectivity index (χ0) is 10.7. The van der Waals surface area contributed by atoms with Gasteiger partial charge < -0.3 is 5.32 Å². The third kappa shape index (κ3) is 2.98. The third-order valence-corrected chi connectivity index (χ3v) is 3.77. The van der Waals surface area contributed by atoms with Gasteiger partial charge >= 0.3 is 0 Å². The Kier molecular flexibility index (Phi) is 4.43. The van der Waals surface area contributed by atoms with Crippen molar-refractivity contribution < 1.29 is 0 Å². The van der Waals surface area contributed by atoms with E-state index in [1.54, 1.807) is 0 Å². The lowest BCUT2D eigenvalue weighted by atomic mass is 9.71. The fourth-order valence-electron chi connectivity index (χ4n) is 3.42. The molecule has 1 aliphatic carbocycles. The van der Waals surface area contributed by atoms with E-state index in [1.165, 1.54) is 19.3 Å². The molecule has 1 N–H and O–H groups in total. The minimum Gasteiger partial charge on any atom is -0.316 e. The topological polar surface area (TPSA) is 12.0 Å². The molecule has 14 heavy (non-hydrogen) atoms. The number of hydrogen-bond acceptors (Lipinski definition) is 1. The van der Waals surface area contributed by atoms with Crippen molar-refractivity contribution in [2.45, 2.75) is 53.0 Å². The molecule has 1 aliphatic rings. The highest BCUT2D eigenvalue weighted by atomic mass is 14.9. The maximum atomic E-state index is 3.51. The SMILES string of the molecule is CNC(C(C)C)C1CC(C)CC(C)C1. The first kappa shape index (κ1) is 12.0. The van der Waals surface area contributed by atoms with E-state index in [-0.39, 0.29) is 0 Å². The first-order valence-corrected chi connectivity index (χ1v) is 6.21. The molecule has 0 aromatic carbocycles. The Balaban J connectivity index is 2.56. The predicted octanol–water partition coefficient (Wildman–Crippen LogP) is 3.30. The van der Waals surface area contributed by atoms with Crippen LogP contribution < -0.4 is 5.32 Å². The van der Waals surface area contributed by atoms with Gasteiger partial charge in [0.05, 0.1) is 0 Å². The number of hydrogen-bond donors (Lipinski definition) is 1. The van der Waals surface area contributed by atoms with Crippen molar-refractivity contribution in [3.05, 3.63) is 0 Å². The number of rotatable bonds is 3. The molecule has 84 valence electrons. The molecule has 0 spiro atoms. The van der Waals surface area contributed by atoms with E-state index in [1.807, 2.05) is 0 Å². The summed E-state index contributed by atoms with van der Waals surface area (Å²) in [4.78, 5) is 0. The summed E-state index contributed by atoms with van der Waals surface area (Å²) >= 11 is 0. The van der Waals surface area contributed by atoms with E-state index in [4.69, 9.17) is 0 Å². The maximum absolute atomic E-state index is 3.51. The van der Waals surface area contributed by atoms with Crippen LogP contribution in [0, 0.1) is 23.7 Å². The minimum atomic E-state index is 0.722. The molecule has 3 atom stereocenters. The fraction of sp³-hybridized carbons (Fsp3) is 1.00. The second-order valence-electron chi connectivity index (χ2n) is 5.74. The van der Waals surface area contributed by atoms with Gasteiger partial charge in [0.25, 0.3) is 0 Å². The summed E-state index contributed by atoms with van der Waals surface area (Å²) in [5.41, 5.74) is 0. The molecule has 0 radical (unpaired) electrons. The van der Waals surface area contributed by atoms with Crippen LogP contribution in [0.15, 0.2) is 0 Å². The summed E-state index contributed by atoms with van der Waals surface area (Å²) in [5, 5.41) is 3.51. The van der Waals surface area contributed by atoms with Crippen LogP contribution in [0.4, 0.5) is 0 Å². The Morgan fingerprint density at radius 3 is 1.86 bits per heavy atom. The minimum absolute atomic E-state index is 0.722. The molecular formula is C13H27N. The van der Waals surface area contributed by atoms with Gasteiger partial charge in [-0.25, -0.2) is 0 Å². The first-order valence-electron chi connectivity index (χ1n) is 6.21. The average Bonchev–Trinajstić information content (AvgIpc) is 2.02. The Hall–Kier alpha value is -0.0400. The Morgan fingerprint density at radius 1 is 1.00 bits per heavy atom. The summed E-state index contributed by atoms with van der Waals surface area (Å²) in [7, 11) is 2.12. The van der Waals surface area contributed by atoms with E-state index in [0.29, 0.717) is 0 Å². The smallest absolute Gasteiger partial charge is 0.0115 e. The highest BCUT2D eigenvalue weighted by Gasteiger charge is 2.30. The lowest BCUT2D eigenvalue weighted by Gasteiger charge is -2.38. The van der Waals surface area contributed by atoms with Gasteiger partial charge in [0.1, 0.15) is 0 Å². The van der Waals surface area contributed by atoms with Gasteiger partial charge in [-0.1, -0.05) is 27.7 Å². The summed E-state index contributed by atoms with van der Waals surface area (Å²) in [6.07, 6.45) is 4.28. The molecule has 0 bridgehead atoms. The van der Waals surface area contributed by atoms with Crippen LogP contribution in [0.25, 0.3) is 0 Å². The van der Waals surface area contributed by atoms with Crippen LogP contribution in [-0.4, -0.2) is 13.1 Å². The summed E-state index contributed by atoms with van der Waals surface area (Å²) in [5.74, 6) is 3.53. The molecule has 0 heterocycles.